The number of hydrogen-bond donors (Lipinski definition) is 1. The number of benzene rings is 2. The van der Waals surface area contributed by atoms with Crippen molar-refractivity contribution in [2.45, 2.75) is 13.5 Å². The molecule has 3 aromatic rings. The van der Waals surface area contributed by atoms with Gasteiger partial charge in [-0.3, -0.25) is 15.0 Å². The Balaban J connectivity index is 1.46. The predicted molar refractivity (Wildman–Crippen MR) is 135 cm³/mol. The average molecular weight is 497 g/mol. The number of hydrazine groups is 1. The number of nitrogens with one attached hydrogen (secondary N) is 1. The van der Waals surface area contributed by atoms with Gasteiger partial charge < -0.3 is 9.47 Å². The zero-order valence-electron chi connectivity index (χ0n) is 17.9. The first-order valence-corrected chi connectivity index (χ1v) is 12.0. The summed E-state index contributed by atoms with van der Waals surface area (Å²) >= 11 is 7.70. The highest BCUT2D eigenvalue weighted by molar-refractivity contribution is 8.26. The zero-order valence-corrected chi connectivity index (χ0v) is 20.3. The van der Waals surface area contributed by atoms with Crippen LogP contribution >= 0.6 is 35.3 Å². The summed E-state index contributed by atoms with van der Waals surface area (Å²) < 4.78 is 11.7. The number of aryl methyl sites for hydroxylation is 1. The summed E-state index contributed by atoms with van der Waals surface area (Å²) in [7, 11) is 1.57. The van der Waals surface area contributed by atoms with E-state index in [2.05, 4.69) is 5.43 Å². The Hall–Kier alpha value is -3.14. The molecule has 0 bridgehead atoms. The Kier molecular flexibility index (Phi) is 7.12. The van der Waals surface area contributed by atoms with Gasteiger partial charge in [0.15, 0.2) is 15.8 Å². The van der Waals surface area contributed by atoms with Gasteiger partial charge in [-0.1, -0.05) is 53.7 Å². The number of ether oxygens (including phenoxy) is 2. The molecule has 0 saturated carbocycles. The molecule has 2 amide bonds. The molecular formula is C24H20N2O4S3. The monoisotopic (exact) mass is 496 g/mol. The quantitative estimate of drug-likeness (QED) is 0.359. The van der Waals surface area contributed by atoms with Gasteiger partial charge in [0.25, 0.3) is 11.8 Å². The molecule has 2 aromatic carbocycles. The van der Waals surface area contributed by atoms with Crippen LogP contribution in [0.2, 0.25) is 0 Å². The summed E-state index contributed by atoms with van der Waals surface area (Å²) in [6, 6.07) is 17.0. The molecule has 1 aromatic heterocycles. The van der Waals surface area contributed by atoms with Crippen molar-refractivity contribution in [2.75, 3.05) is 7.11 Å². The maximum Gasteiger partial charge on any atom is 0.285 e. The third-order valence-electron chi connectivity index (χ3n) is 4.75. The lowest BCUT2D eigenvalue weighted by atomic mass is 10.1. The van der Waals surface area contributed by atoms with Crippen LogP contribution in [0.4, 0.5) is 0 Å². The van der Waals surface area contributed by atoms with E-state index >= 15 is 0 Å². The van der Waals surface area contributed by atoms with Gasteiger partial charge in [0.1, 0.15) is 6.61 Å². The Bertz CT molecular complexity index is 1220. The minimum atomic E-state index is -0.381. The summed E-state index contributed by atoms with van der Waals surface area (Å²) in [4.78, 5) is 26.0. The van der Waals surface area contributed by atoms with E-state index in [0.29, 0.717) is 27.9 Å². The molecule has 6 nitrogen and oxygen atoms in total. The molecular weight excluding hydrogens is 476 g/mol. The molecule has 0 unspecified atom stereocenters. The normalized spacial score (nSPS) is 14.6. The smallest absolute Gasteiger partial charge is 0.285 e. The van der Waals surface area contributed by atoms with Gasteiger partial charge in [0.05, 0.1) is 16.9 Å². The second-order valence-electron chi connectivity index (χ2n) is 7.12. The largest absolute Gasteiger partial charge is 0.493 e. The van der Waals surface area contributed by atoms with E-state index in [1.54, 1.807) is 42.8 Å². The molecule has 0 atom stereocenters. The maximum absolute atomic E-state index is 12.8. The van der Waals surface area contributed by atoms with Crippen LogP contribution in [0.15, 0.2) is 64.9 Å². The lowest BCUT2D eigenvalue weighted by Crippen LogP contribution is -2.44. The number of carbonyl (C=O) groups is 2. The summed E-state index contributed by atoms with van der Waals surface area (Å²) in [6.45, 7) is 2.45. The molecule has 4 rings (SSSR count). The molecule has 33 heavy (non-hydrogen) atoms. The van der Waals surface area contributed by atoms with Crippen LogP contribution in [0.1, 0.15) is 26.4 Å². The number of thiocarbonyl (C=S) groups is 1. The molecule has 9 heteroatoms. The van der Waals surface area contributed by atoms with E-state index < -0.39 is 0 Å². The van der Waals surface area contributed by atoms with Crippen LogP contribution < -0.4 is 14.9 Å². The topological polar surface area (TPSA) is 67.9 Å². The third kappa shape index (κ3) is 5.44. The summed E-state index contributed by atoms with van der Waals surface area (Å²) in [5.41, 5.74) is 5.57. The lowest BCUT2D eigenvalue weighted by Gasteiger charge is -2.14. The number of rotatable bonds is 7. The van der Waals surface area contributed by atoms with Gasteiger partial charge in [0, 0.05) is 0 Å². The van der Waals surface area contributed by atoms with Gasteiger partial charge >= 0.3 is 0 Å². The molecule has 1 N–H and O–H groups in total. The standard InChI is InChI=1S/C24H20N2O4S3/c1-15-5-7-16(8-6-15)14-30-18-10-9-17(12-19(18)29-2)13-21-23(28)26(24(31)33-21)25-22(27)20-4-3-11-32-20/h3-13H,14H2,1-2H3,(H,25,27)/b21-13+. The maximum atomic E-state index is 12.8. The van der Waals surface area contributed by atoms with Crippen LogP contribution in [0.3, 0.4) is 0 Å². The molecule has 168 valence electrons. The van der Waals surface area contributed by atoms with Gasteiger partial charge in [-0.15, -0.1) is 11.3 Å². The van der Waals surface area contributed by atoms with Crippen LogP contribution in [-0.4, -0.2) is 28.3 Å². The van der Waals surface area contributed by atoms with Gasteiger partial charge in [-0.25, -0.2) is 0 Å². The number of amides is 2. The van der Waals surface area contributed by atoms with Crippen molar-refractivity contribution in [3.8, 4) is 11.5 Å². The highest BCUT2D eigenvalue weighted by atomic mass is 32.2. The number of thiophene rings is 1. The van der Waals surface area contributed by atoms with E-state index in [0.717, 1.165) is 27.9 Å². The van der Waals surface area contributed by atoms with E-state index in [1.807, 2.05) is 37.3 Å². The predicted octanol–water partition coefficient (Wildman–Crippen LogP) is 5.19. The fourth-order valence-corrected chi connectivity index (χ4v) is 4.81. The number of carbonyl (C=O) groups excluding carboxylic acids is 2. The number of nitrogens with zero attached hydrogens (tertiary/aromatic N) is 1. The van der Waals surface area contributed by atoms with E-state index in [-0.39, 0.29) is 16.1 Å². The van der Waals surface area contributed by atoms with Crippen molar-refractivity contribution < 1.29 is 19.1 Å². The molecule has 1 aliphatic rings. The number of thioether (sulfide) groups is 1. The van der Waals surface area contributed by atoms with Crippen LogP contribution in [0.5, 0.6) is 11.5 Å². The summed E-state index contributed by atoms with van der Waals surface area (Å²) in [6.07, 6.45) is 1.71. The molecule has 0 spiro atoms. The van der Waals surface area contributed by atoms with Crippen LogP contribution in [-0.2, 0) is 11.4 Å². The van der Waals surface area contributed by atoms with Gasteiger partial charge in [-0.05, 0) is 59.9 Å². The molecule has 1 aliphatic heterocycles. The zero-order chi connectivity index (χ0) is 23.4. The van der Waals surface area contributed by atoms with Crippen molar-refractivity contribution >= 4 is 57.5 Å². The van der Waals surface area contributed by atoms with Crippen LogP contribution in [0, 0.1) is 6.92 Å². The first-order chi connectivity index (χ1) is 15.9. The minimum Gasteiger partial charge on any atom is -0.493 e. The first-order valence-electron chi connectivity index (χ1n) is 9.93. The van der Waals surface area contributed by atoms with E-state index in [4.69, 9.17) is 21.7 Å². The SMILES string of the molecule is COc1cc(/C=C2/SC(=S)N(NC(=O)c3cccs3)C2=O)ccc1OCc1ccc(C)cc1. The van der Waals surface area contributed by atoms with Gasteiger partial charge in [0.2, 0.25) is 0 Å². The van der Waals surface area contributed by atoms with Crippen molar-refractivity contribution in [1.82, 2.24) is 10.4 Å². The fourth-order valence-electron chi connectivity index (χ4n) is 3.02. The first kappa shape index (κ1) is 23.0. The van der Waals surface area contributed by atoms with E-state index in [1.165, 1.54) is 16.9 Å². The van der Waals surface area contributed by atoms with Gasteiger partial charge in [-0.2, -0.15) is 5.01 Å². The summed E-state index contributed by atoms with van der Waals surface area (Å²) in [5.74, 6) is 0.399. The minimum absolute atomic E-state index is 0.265. The Labute approximate surface area is 205 Å². The molecule has 1 fully saturated rings. The number of hydrogen-bond acceptors (Lipinski definition) is 7. The third-order valence-corrected chi connectivity index (χ3v) is 6.92. The Morgan fingerprint density at radius 3 is 2.64 bits per heavy atom. The molecule has 2 heterocycles. The lowest BCUT2D eigenvalue weighted by molar-refractivity contribution is -0.123. The van der Waals surface area contributed by atoms with E-state index in [9.17, 15) is 9.59 Å². The molecule has 0 radical (unpaired) electrons. The van der Waals surface area contributed by atoms with Crippen molar-refractivity contribution in [3.63, 3.8) is 0 Å². The average Bonchev–Trinajstić information content (AvgIpc) is 3.44. The second-order valence-corrected chi connectivity index (χ2v) is 9.74. The summed E-state index contributed by atoms with van der Waals surface area (Å²) in [5, 5.41) is 2.89. The fraction of sp³-hybridized carbons (Fsp3) is 0.125. The highest BCUT2D eigenvalue weighted by Crippen LogP contribution is 2.34. The molecule has 0 aliphatic carbocycles. The van der Waals surface area contributed by atoms with Crippen molar-refractivity contribution in [1.29, 1.82) is 0 Å². The molecule has 1 saturated heterocycles. The highest BCUT2D eigenvalue weighted by Gasteiger charge is 2.34. The number of methoxy groups -OCH3 is 1. The van der Waals surface area contributed by atoms with Crippen molar-refractivity contribution in [3.05, 3.63) is 86.5 Å². The van der Waals surface area contributed by atoms with Crippen LogP contribution in [0.25, 0.3) is 6.08 Å². The Morgan fingerprint density at radius 1 is 1.15 bits per heavy atom. The Morgan fingerprint density at radius 2 is 1.94 bits per heavy atom. The second kappa shape index (κ2) is 10.2. The van der Waals surface area contributed by atoms with Crippen molar-refractivity contribution in [2.24, 2.45) is 0 Å².